The molecule has 1 aliphatic rings. The van der Waals surface area contributed by atoms with Crippen molar-refractivity contribution in [2.24, 2.45) is 7.05 Å². The first kappa shape index (κ1) is 17.0. The highest BCUT2D eigenvalue weighted by molar-refractivity contribution is 5.87. The fourth-order valence-corrected chi connectivity index (χ4v) is 4.25. The van der Waals surface area contributed by atoms with E-state index in [2.05, 4.69) is 66.3 Å². The van der Waals surface area contributed by atoms with Crippen molar-refractivity contribution >= 4 is 10.9 Å². The molecule has 140 valence electrons. The minimum absolute atomic E-state index is 0.0157. The Bertz CT molecular complexity index is 1250. The molecule has 3 heterocycles. The van der Waals surface area contributed by atoms with Crippen molar-refractivity contribution in [2.75, 3.05) is 6.54 Å². The Morgan fingerprint density at radius 2 is 1.79 bits per heavy atom. The van der Waals surface area contributed by atoms with Gasteiger partial charge in [-0.25, -0.2) is 0 Å². The molecule has 0 saturated heterocycles. The number of rotatable bonds is 2. The molecule has 0 saturated carbocycles. The van der Waals surface area contributed by atoms with E-state index in [1.165, 1.54) is 27.7 Å². The highest BCUT2D eigenvalue weighted by Crippen LogP contribution is 2.29. The molecule has 28 heavy (non-hydrogen) atoms. The molecule has 0 atom stereocenters. The summed E-state index contributed by atoms with van der Waals surface area (Å²) in [5.74, 6) is 0. The summed E-state index contributed by atoms with van der Waals surface area (Å²) in [4.78, 5) is 12.8. The lowest BCUT2D eigenvalue weighted by Gasteiger charge is -2.14. The molecule has 0 radical (unpaired) electrons. The Morgan fingerprint density at radius 3 is 2.57 bits per heavy atom. The van der Waals surface area contributed by atoms with Gasteiger partial charge >= 0.3 is 0 Å². The third-order valence-corrected chi connectivity index (χ3v) is 5.85. The van der Waals surface area contributed by atoms with Crippen LogP contribution >= 0.6 is 0 Å². The van der Waals surface area contributed by atoms with Gasteiger partial charge in [0.25, 0.3) is 5.56 Å². The van der Waals surface area contributed by atoms with Gasteiger partial charge in [0.1, 0.15) is 0 Å². The molecule has 1 aliphatic heterocycles. The van der Waals surface area contributed by atoms with E-state index in [0.29, 0.717) is 0 Å². The van der Waals surface area contributed by atoms with Crippen LogP contribution in [0.4, 0.5) is 0 Å². The van der Waals surface area contributed by atoms with Crippen LogP contribution in [-0.2, 0) is 20.0 Å². The number of hydrogen-bond acceptors (Lipinski definition) is 2. The lowest BCUT2D eigenvalue weighted by atomic mass is 10.0. The van der Waals surface area contributed by atoms with Crippen LogP contribution in [0.5, 0.6) is 0 Å². The smallest absolute Gasteiger partial charge is 0.255 e. The number of aromatic nitrogens is 2. The molecule has 0 amide bonds. The van der Waals surface area contributed by atoms with Crippen LogP contribution in [0.2, 0.25) is 0 Å². The second kappa shape index (κ2) is 6.50. The maximum Gasteiger partial charge on any atom is 0.255 e. The SMILES string of the molecule is Cc1ccc(-c2ccn(-c3ccc4c5c(n(C)c4c3)CNCC5)c(=O)c2)cc1. The Morgan fingerprint density at radius 1 is 0.964 bits per heavy atom. The van der Waals surface area contributed by atoms with Crippen molar-refractivity contribution in [1.82, 2.24) is 14.5 Å². The van der Waals surface area contributed by atoms with E-state index in [1.54, 1.807) is 10.6 Å². The Hall–Kier alpha value is -3.11. The maximum atomic E-state index is 12.8. The second-order valence-corrected chi connectivity index (χ2v) is 7.60. The predicted molar refractivity (Wildman–Crippen MR) is 114 cm³/mol. The number of benzene rings is 2. The number of nitrogens with one attached hydrogen (secondary N) is 1. The summed E-state index contributed by atoms with van der Waals surface area (Å²) in [6.45, 7) is 3.99. The summed E-state index contributed by atoms with van der Waals surface area (Å²) < 4.78 is 3.98. The molecule has 4 nitrogen and oxygen atoms in total. The molecule has 2 aromatic heterocycles. The normalized spacial score (nSPS) is 13.6. The van der Waals surface area contributed by atoms with Crippen molar-refractivity contribution in [1.29, 1.82) is 0 Å². The van der Waals surface area contributed by atoms with Crippen molar-refractivity contribution in [3.8, 4) is 16.8 Å². The van der Waals surface area contributed by atoms with Crippen LogP contribution in [0.1, 0.15) is 16.8 Å². The molecule has 0 unspecified atom stereocenters. The molecule has 4 heteroatoms. The van der Waals surface area contributed by atoms with E-state index in [1.807, 2.05) is 12.3 Å². The zero-order valence-electron chi connectivity index (χ0n) is 16.2. The van der Waals surface area contributed by atoms with Gasteiger partial charge in [-0.3, -0.25) is 9.36 Å². The summed E-state index contributed by atoms with van der Waals surface area (Å²) >= 11 is 0. The van der Waals surface area contributed by atoms with E-state index in [9.17, 15) is 4.79 Å². The van der Waals surface area contributed by atoms with E-state index in [4.69, 9.17) is 0 Å². The van der Waals surface area contributed by atoms with Crippen LogP contribution in [0.15, 0.2) is 65.6 Å². The average molecular weight is 369 g/mol. The number of nitrogens with zero attached hydrogens (tertiary/aromatic N) is 2. The fourth-order valence-electron chi connectivity index (χ4n) is 4.25. The quantitative estimate of drug-likeness (QED) is 0.581. The second-order valence-electron chi connectivity index (χ2n) is 7.60. The molecule has 0 aliphatic carbocycles. The average Bonchev–Trinajstić information content (AvgIpc) is 3.01. The van der Waals surface area contributed by atoms with Gasteiger partial charge < -0.3 is 9.88 Å². The van der Waals surface area contributed by atoms with Gasteiger partial charge in [-0.1, -0.05) is 35.9 Å². The van der Waals surface area contributed by atoms with Gasteiger partial charge in [0.15, 0.2) is 0 Å². The first-order valence-corrected chi connectivity index (χ1v) is 9.73. The lowest BCUT2D eigenvalue weighted by Crippen LogP contribution is -2.24. The van der Waals surface area contributed by atoms with Crippen molar-refractivity contribution < 1.29 is 0 Å². The number of hydrogen-bond donors (Lipinski definition) is 1. The standard InChI is InChI=1S/C24H23N3O/c1-16-3-5-17(6-4-16)18-10-12-27(24(28)13-18)19-7-8-20-21-9-11-25-15-23(21)26(2)22(20)14-19/h3-8,10,12-14,25H,9,11,15H2,1-2H3. The van der Waals surface area contributed by atoms with Gasteiger partial charge in [-0.15, -0.1) is 0 Å². The maximum absolute atomic E-state index is 12.8. The third kappa shape index (κ3) is 2.69. The molecule has 4 aromatic rings. The topological polar surface area (TPSA) is 39.0 Å². The van der Waals surface area contributed by atoms with Crippen molar-refractivity contribution in [3.05, 3.63) is 88.0 Å². The van der Waals surface area contributed by atoms with E-state index >= 15 is 0 Å². The van der Waals surface area contributed by atoms with E-state index in [-0.39, 0.29) is 5.56 Å². The number of pyridine rings is 1. The zero-order chi connectivity index (χ0) is 19.3. The number of fused-ring (bicyclic) bond motifs is 3. The highest BCUT2D eigenvalue weighted by Gasteiger charge is 2.18. The summed E-state index contributed by atoms with van der Waals surface area (Å²) in [6, 6.07) is 18.3. The monoisotopic (exact) mass is 369 g/mol. The largest absolute Gasteiger partial charge is 0.346 e. The van der Waals surface area contributed by atoms with Gasteiger partial charge in [-0.05, 0) is 54.8 Å². The predicted octanol–water partition coefficient (Wildman–Crippen LogP) is 3.95. The summed E-state index contributed by atoms with van der Waals surface area (Å²) in [5.41, 5.74) is 8.07. The molecule has 0 bridgehead atoms. The third-order valence-electron chi connectivity index (χ3n) is 5.85. The first-order chi connectivity index (χ1) is 13.6. The summed E-state index contributed by atoms with van der Waals surface area (Å²) in [5, 5.41) is 4.75. The van der Waals surface area contributed by atoms with Crippen LogP contribution in [0, 0.1) is 6.92 Å². The fraction of sp³-hybridized carbons (Fsp3) is 0.208. The van der Waals surface area contributed by atoms with Gasteiger partial charge in [-0.2, -0.15) is 0 Å². The van der Waals surface area contributed by atoms with Gasteiger partial charge in [0.05, 0.1) is 11.2 Å². The zero-order valence-corrected chi connectivity index (χ0v) is 16.2. The molecule has 5 rings (SSSR count). The van der Waals surface area contributed by atoms with Crippen LogP contribution in [-0.4, -0.2) is 15.7 Å². The van der Waals surface area contributed by atoms with E-state index < -0.39 is 0 Å². The molecular weight excluding hydrogens is 346 g/mol. The highest BCUT2D eigenvalue weighted by atomic mass is 16.1. The minimum Gasteiger partial charge on any atom is -0.346 e. The lowest BCUT2D eigenvalue weighted by molar-refractivity contribution is 0.614. The molecule has 0 spiro atoms. The Labute approximate surface area is 164 Å². The minimum atomic E-state index is -0.0157. The summed E-state index contributed by atoms with van der Waals surface area (Å²) in [6.07, 6.45) is 2.93. The van der Waals surface area contributed by atoms with Gasteiger partial charge in [0, 0.05) is 36.9 Å². The van der Waals surface area contributed by atoms with Crippen molar-refractivity contribution in [2.45, 2.75) is 19.9 Å². The molecule has 1 N–H and O–H groups in total. The first-order valence-electron chi connectivity index (χ1n) is 9.73. The Balaban J connectivity index is 1.59. The molecule has 0 fully saturated rings. The van der Waals surface area contributed by atoms with Crippen LogP contribution in [0.3, 0.4) is 0 Å². The molecule has 2 aromatic carbocycles. The number of aryl methyl sites for hydroxylation is 2. The van der Waals surface area contributed by atoms with Crippen molar-refractivity contribution in [3.63, 3.8) is 0 Å². The molecular formula is C24H23N3O. The van der Waals surface area contributed by atoms with Crippen LogP contribution in [0.25, 0.3) is 27.7 Å². The van der Waals surface area contributed by atoms with Gasteiger partial charge in [0.2, 0.25) is 0 Å². The Kier molecular flexibility index (Phi) is 3.95. The summed E-state index contributed by atoms with van der Waals surface area (Å²) in [7, 11) is 2.11. The van der Waals surface area contributed by atoms with Crippen LogP contribution < -0.4 is 10.9 Å². The van der Waals surface area contributed by atoms with E-state index in [0.717, 1.165) is 36.3 Å².